The van der Waals surface area contributed by atoms with Gasteiger partial charge in [-0.05, 0) is 32.6 Å². The molecule has 2 aromatic heterocycles. The fraction of sp³-hybridized carbons (Fsp3) is 0.562. The van der Waals surface area contributed by atoms with Gasteiger partial charge in [-0.2, -0.15) is 0 Å². The molecule has 1 atom stereocenters. The number of hydrogen-bond donors (Lipinski definition) is 1. The highest BCUT2D eigenvalue weighted by Gasteiger charge is 2.27. The normalized spacial score (nSPS) is 18.2. The highest BCUT2D eigenvalue weighted by molar-refractivity contribution is 7.17. The molecule has 1 saturated heterocycles. The molecule has 1 aliphatic rings. The van der Waals surface area contributed by atoms with Crippen LogP contribution in [0.25, 0.3) is 0 Å². The van der Waals surface area contributed by atoms with Gasteiger partial charge in [-0.3, -0.25) is 4.79 Å². The minimum Gasteiger partial charge on any atom is -0.365 e. The second-order valence-corrected chi connectivity index (χ2v) is 7.07. The van der Waals surface area contributed by atoms with Crippen molar-refractivity contribution < 1.29 is 4.79 Å². The number of amides is 1. The average molecular weight is 333 g/mol. The van der Waals surface area contributed by atoms with E-state index in [-0.39, 0.29) is 5.91 Å². The van der Waals surface area contributed by atoms with Crippen molar-refractivity contribution in [3.63, 3.8) is 0 Å². The number of nitrogens with one attached hydrogen (secondary N) is 1. The molecule has 124 valence electrons. The maximum Gasteiger partial charge on any atom is 0.265 e. The summed E-state index contributed by atoms with van der Waals surface area (Å²) in [4.78, 5) is 24.2. The largest absolute Gasteiger partial charge is 0.365 e. The van der Waals surface area contributed by atoms with Crippen LogP contribution in [0.5, 0.6) is 0 Å². The van der Waals surface area contributed by atoms with Gasteiger partial charge in [-0.15, -0.1) is 0 Å². The summed E-state index contributed by atoms with van der Waals surface area (Å²) in [5.41, 5.74) is 0.817. The molecule has 6 nitrogen and oxygen atoms in total. The Morgan fingerprint density at radius 2 is 2.30 bits per heavy atom. The molecule has 1 N–H and O–H groups in total. The maximum absolute atomic E-state index is 12.8. The molecule has 0 radical (unpaired) electrons. The van der Waals surface area contributed by atoms with Crippen molar-refractivity contribution in [1.82, 2.24) is 19.4 Å². The predicted molar refractivity (Wildman–Crippen MR) is 92.0 cm³/mol. The molecule has 1 amide bonds. The van der Waals surface area contributed by atoms with Crippen molar-refractivity contribution >= 4 is 22.4 Å². The molecule has 23 heavy (non-hydrogen) atoms. The number of hydrogen-bond acceptors (Lipinski definition) is 5. The minimum atomic E-state index is 0.119. The van der Waals surface area contributed by atoms with Gasteiger partial charge in [0.25, 0.3) is 5.91 Å². The summed E-state index contributed by atoms with van der Waals surface area (Å²) in [5.74, 6) is 1.64. The molecule has 3 heterocycles. The number of nitrogens with zero attached hydrogens (tertiary/aromatic N) is 4. The van der Waals surface area contributed by atoms with Crippen LogP contribution >= 0.6 is 11.3 Å². The van der Waals surface area contributed by atoms with E-state index in [2.05, 4.69) is 19.9 Å². The molecule has 0 spiro atoms. The number of aromatic nitrogens is 3. The molecule has 2 aromatic rings. The lowest BCUT2D eigenvalue weighted by Gasteiger charge is -2.33. The fourth-order valence-corrected chi connectivity index (χ4v) is 4.01. The Bertz CT molecular complexity index is 692. The van der Waals surface area contributed by atoms with E-state index in [1.165, 1.54) is 11.3 Å². The van der Waals surface area contributed by atoms with Crippen LogP contribution in [0.2, 0.25) is 0 Å². The van der Waals surface area contributed by atoms with E-state index in [0.29, 0.717) is 5.92 Å². The number of carbonyl (C=O) groups is 1. The van der Waals surface area contributed by atoms with Gasteiger partial charge in [-0.25, -0.2) is 9.97 Å². The highest BCUT2D eigenvalue weighted by atomic mass is 32.1. The third-order valence-electron chi connectivity index (χ3n) is 4.39. The first kappa shape index (κ1) is 16.0. The van der Waals surface area contributed by atoms with Crippen LogP contribution < -0.4 is 5.32 Å². The number of thiazole rings is 1. The quantitative estimate of drug-likeness (QED) is 0.934. The molecule has 1 fully saturated rings. The highest BCUT2D eigenvalue weighted by Crippen LogP contribution is 2.26. The molecular weight excluding hydrogens is 310 g/mol. The summed E-state index contributed by atoms with van der Waals surface area (Å²) < 4.78 is 2.18. The van der Waals surface area contributed by atoms with E-state index in [9.17, 15) is 4.79 Å². The lowest BCUT2D eigenvalue weighted by Crippen LogP contribution is -2.41. The summed E-state index contributed by atoms with van der Waals surface area (Å²) in [5, 5.41) is 3.82. The summed E-state index contributed by atoms with van der Waals surface area (Å²) in [6.07, 6.45) is 6.06. The third kappa shape index (κ3) is 3.39. The van der Waals surface area contributed by atoms with Crippen molar-refractivity contribution in [3.05, 3.63) is 28.8 Å². The zero-order valence-electron chi connectivity index (χ0n) is 13.9. The summed E-state index contributed by atoms with van der Waals surface area (Å²) >= 11 is 1.44. The van der Waals surface area contributed by atoms with Gasteiger partial charge in [-0.1, -0.05) is 11.3 Å². The van der Waals surface area contributed by atoms with Gasteiger partial charge in [0.05, 0.1) is 5.69 Å². The van der Waals surface area contributed by atoms with Crippen LogP contribution in [0.3, 0.4) is 0 Å². The molecule has 1 unspecified atom stereocenters. The predicted octanol–water partition coefficient (Wildman–Crippen LogP) is 2.55. The first-order valence-corrected chi connectivity index (χ1v) is 8.82. The van der Waals surface area contributed by atoms with Crippen molar-refractivity contribution in [2.75, 3.05) is 25.5 Å². The molecule has 0 saturated carbocycles. The fourth-order valence-electron chi connectivity index (χ4n) is 3.12. The Hall–Kier alpha value is -1.89. The summed E-state index contributed by atoms with van der Waals surface area (Å²) in [7, 11) is 1.83. The Balaban J connectivity index is 1.69. The minimum absolute atomic E-state index is 0.119. The van der Waals surface area contributed by atoms with Gasteiger partial charge in [0.2, 0.25) is 0 Å². The van der Waals surface area contributed by atoms with E-state index >= 15 is 0 Å². The van der Waals surface area contributed by atoms with Crippen LogP contribution in [-0.2, 0) is 6.54 Å². The molecule has 7 heteroatoms. The van der Waals surface area contributed by atoms with Crippen LogP contribution in [0, 0.1) is 19.8 Å². The monoisotopic (exact) mass is 333 g/mol. The van der Waals surface area contributed by atoms with Crippen LogP contribution in [-0.4, -0.2) is 45.5 Å². The van der Waals surface area contributed by atoms with Gasteiger partial charge in [0.1, 0.15) is 10.7 Å². The number of anilines is 1. The van der Waals surface area contributed by atoms with Gasteiger partial charge in [0, 0.05) is 39.1 Å². The van der Waals surface area contributed by atoms with E-state index in [4.69, 9.17) is 0 Å². The molecule has 0 aromatic carbocycles. The topological polar surface area (TPSA) is 63.1 Å². The number of piperidine rings is 1. The van der Waals surface area contributed by atoms with E-state index in [1.807, 2.05) is 38.2 Å². The van der Waals surface area contributed by atoms with Crippen molar-refractivity contribution in [1.29, 1.82) is 0 Å². The number of carbonyl (C=O) groups excluding carboxylic acids is 1. The molecule has 1 aliphatic heterocycles. The zero-order valence-corrected chi connectivity index (χ0v) is 14.7. The lowest BCUT2D eigenvalue weighted by atomic mass is 9.97. The Morgan fingerprint density at radius 3 is 2.96 bits per heavy atom. The second kappa shape index (κ2) is 6.70. The number of imidazole rings is 1. The van der Waals surface area contributed by atoms with Crippen LogP contribution in [0.4, 0.5) is 5.13 Å². The standard InChI is InChI=1S/C16H23N5OS/c1-11-14(23-16(17-3)19-11)15(22)21-7-4-5-13(10-21)9-20-8-6-18-12(20)2/h6,8,13H,4-5,7,9-10H2,1-3H3,(H,17,19). The molecular formula is C16H23N5OS. The van der Waals surface area contributed by atoms with Gasteiger partial charge >= 0.3 is 0 Å². The summed E-state index contributed by atoms with van der Waals surface area (Å²) in [6, 6.07) is 0. The van der Waals surface area contributed by atoms with E-state index in [0.717, 1.165) is 54.0 Å². The maximum atomic E-state index is 12.8. The smallest absolute Gasteiger partial charge is 0.265 e. The average Bonchev–Trinajstić information content (AvgIpc) is 3.13. The van der Waals surface area contributed by atoms with Gasteiger partial charge in [0.15, 0.2) is 5.13 Å². The van der Waals surface area contributed by atoms with Crippen LogP contribution in [0.1, 0.15) is 34.0 Å². The lowest BCUT2D eigenvalue weighted by molar-refractivity contribution is 0.0666. The first-order chi connectivity index (χ1) is 11.1. The SMILES string of the molecule is CNc1nc(C)c(C(=O)N2CCCC(Cn3ccnc3C)C2)s1. The number of aryl methyl sites for hydroxylation is 2. The van der Waals surface area contributed by atoms with Crippen molar-refractivity contribution in [2.24, 2.45) is 5.92 Å². The molecule has 0 aliphatic carbocycles. The zero-order chi connectivity index (χ0) is 16.4. The van der Waals surface area contributed by atoms with Crippen molar-refractivity contribution in [2.45, 2.75) is 33.2 Å². The first-order valence-electron chi connectivity index (χ1n) is 8.00. The third-order valence-corrected chi connectivity index (χ3v) is 5.55. The Morgan fingerprint density at radius 1 is 1.48 bits per heavy atom. The number of rotatable bonds is 4. The van der Waals surface area contributed by atoms with E-state index in [1.54, 1.807) is 0 Å². The van der Waals surface area contributed by atoms with E-state index < -0.39 is 0 Å². The Labute approximate surface area is 140 Å². The number of likely N-dealkylation sites (tertiary alicyclic amines) is 1. The molecule has 3 rings (SSSR count). The summed E-state index contributed by atoms with van der Waals surface area (Å²) in [6.45, 7) is 6.50. The van der Waals surface area contributed by atoms with Gasteiger partial charge < -0.3 is 14.8 Å². The van der Waals surface area contributed by atoms with Crippen LogP contribution in [0.15, 0.2) is 12.4 Å². The Kier molecular flexibility index (Phi) is 4.66. The second-order valence-electron chi connectivity index (χ2n) is 6.07. The van der Waals surface area contributed by atoms with Crippen molar-refractivity contribution in [3.8, 4) is 0 Å². The molecule has 0 bridgehead atoms.